The van der Waals surface area contributed by atoms with Gasteiger partial charge in [-0.3, -0.25) is 10.1 Å². The molecular formula is C18H27NO3. The van der Waals surface area contributed by atoms with Crippen LogP contribution in [0.15, 0.2) is 48.2 Å². The van der Waals surface area contributed by atoms with Gasteiger partial charge in [-0.1, -0.05) is 43.4 Å². The van der Waals surface area contributed by atoms with E-state index in [0.717, 1.165) is 25.5 Å². The van der Waals surface area contributed by atoms with Gasteiger partial charge in [0.25, 0.3) is 0 Å². The molecule has 0 unspecified atom stereocenters. The van der Waals surface area contributed by atoms with Crippen LogP contribution in [0.4, 0.5) is 0 Å². The molecule has 0 spiro atoms. The van der Waals surface area contributed by atoms with E-state index in [9.17, 15) is 14.9 Å². The molecule has 0 aliphatic carbocycles. The van der Waals surface area contributed by atoms with Crippen molar-refractivity contribution in [2.75, 3.05) is 0 Å². The van der Waals surface area contributed by atoms with Gasteiger partial charge in [-0.25, -0.2) is 0 Å². The van der Waals surface area contributed by atoms with Crippen molar-refractivity contribution in [2.24, 2.45) is 0 Å². The van der Waals surface area contributed by atoms with Gasteiger partial charge in [0.05, 0.1) is 4.92 Å². The fourth-order valence-corrected chi connectivity index (χ4v) is 1.81. The third-order valence-corrected chi connectivity index (χ3v) is 3.01. The quantitative estimate of drug-likeness (QED) is 0.155. The second-order valence-electron chi connectivity index (χ2n) is 4.89. The van der Waals surface area contributed by atoms with E-state index in [-0.39, 0.29) is 10.6 Å². The van der Waals surface area contributed by atoms with Crippen molar-refractivity contribution in [1.82, 2.24) is 0 Å². The predicted molar refractivity (Wildman–Crippen MR) is 91.2 cm³/mol. The average Bonchev–Trinajstić information content (AvgIpc) is 2.50. The van der Waals surface area contributed by atoms with Gasteiger partial charge in [-0.2, -0.15) is 0 Å². The molecule has 0 aromatic heterocycles. The Morgan fingerprint density at radius 3 is 2.09 bits per heavy atom. The fraction of sp³-hybridized carbons (Fsp3) is 0.500. The van der Waals surface area contributed by atoms with Gasteiger partial charge in [0.15, 0.2) is 0 Å². The molecule has 0 radical (unpaired) electrons. The zero-order chi connectivity index (χ0) is 16.5. The molecule has 122 valence electrons. The molecule has 4 heteroatoms. The number of allylic oxidation sites excluding steroid dienone is 8. The predicted octanol–water partition coefficient (Wildman–Crippen LogP) is 5.16. The highest BCUT2D eigenvalue weighted by Gasteiger charge is 2.08. The molecule has 0 amide bonds. The summed E-state index contributed by atoms with van der Waals surface area (Å²) in [6.07, 6.45) is 20.7. The number of aldehydes is 1. The zero-order valence-corrected chi connectivity index (χ0v) is 13.4. The van der Waals surface area contributed by atoms with Crippen molar-refractivity contribution in [3.63, 3.8) is 0 Å². The first-order valence-corrected chi connectivity index (χ1v) is 7.94. The van der Waals surface area contributed by atoms with Crippen molar-refractivity contribution >= 4 is 6.29 Å². The number of nitro groups is 1. The third kappa shape index (κ3) is 13.0. The second-order valence-corrected chi connectivity index (χ2v) is 4.89. The summed E-state index contributed by atoms with van der Waals surface area (Å²) < 4.78 is 0. The second kappa shape index (κ2) is 15.4. The summed E-state index contributed by atoms with van der Waals surface area (Å²) in [6.45, 7) is 2.11. The minimum absolute atomic E-state index is 0.246. The Morgan fingerprint density at radius 2 is 1.55 bits per heavy atom. The summed E-state index contributed by atoms with van der Waals surface area (Å²) in [5.74, 6) is 0. The molecule has 0 saturated carbocycles. The van der Waals surface area contributed by atoms with Crippen LogP contribution in [0.2, 0.25) is 0 Å². The van der Waals surface area contributed by atoms with E-state index in [1.807, 2.05) is 12.2 Å². The minimum atomic E-state index is -0.325. The molecule has 0 aromatic rings. The molecule has 4 nitrogen and oxygen atoms in total. The van der Waals surface area contributed by atoms with Crippen molar-refractivity contribution < 1.29 is 9.72 Å². The Bertz CT molecular complexity index is 420. The first-order valence-electron chi connectivity index (χ1n) is 7.94. The lowest BCUT2D eigenvalue weighted by Crippen LogP contribution is -1.98. The van der Waals surface area contributed by atoms with Gasteiger partial charge in [-0.15, -0.1) is 0 Å². The van der Waals surface area contributed by atoms with Crippen LogP contribution in [0, 0.1) is 10.1 Å². The molecule has 0 fully saturated rings. The summed E-state index contributed by atoms with van der Waals surface area (Å²) in [6, 6.07) is 0. The van der Waals surface area contributed by atoms with Gasteiger partial charge in [-0.05, 0) is 44.6 Å². The van der Waals surface area contributed by atoms with Crippen LogP contribution >= 0.6 is 0 Å². The lowest BCUT2D eigenvalue weighted by atomic mass is 10.1. The molecule has 0 aliphatic heterocycles. The van der Waals surface area contributed by atoms with Gasteiger partial charge in [0.1, 0.15) is 6.29 Å². The maximum atomic E-state index is 10.9. The monoisotopic (exact) mass is 305 g/mol. The van der Waals surface area contributed by atoms with E-state index in [1.54, 1.807) is 6.08 Å². The lowest BCUT2D eigenvalue weighted by Gasteiger charge is -1.97. The number of carbonyl (C=O) groups excluding carboxylic acids is 1. The van der Waals surface area contributed by atoms with Crippen LogP contribution in [0.3, 0.4) is 0 Å². The van der Waals surface area contributed by atoms with Crippen LogP contribution in [-0.2, 0) is 4.79 Å². The summed E-state index contributed by atoms with van der Waals surface area (Å²) >= 11 is 0. The highest BCUT2D eigenvalue weighted by Crippen LogP contribution is 2.10. The highest BCUT2D eigenvalue weighted by molar-refractivity contribution is 5.48. The van der Waals surface area contributed by atoms with Gasteiger partial charge < -0.3 is 4.79 Å². The smallest absolute Gasteiger partial charge is 0.242 e. The standard InChI is InChI=1S/C18H27NO3/c1-2-3-4-5-6-7-8-9-10-12-15-18(19(21)22)16-13-11-14-17-20/h3-4,6-7,9-10,15,17H,2,5,8,11-14,16H2,1H3/b4-3-,7-6-,10-9-,18-15+. The number of hydrogen-bond acceptors (Lipinski definition) is 3. The Hall–Kier alpha value is -1.97. The Morgan fingerprint density at radius 1 is 0.955 bits per heavy atom. The molecule has 22 heavy (non-hydrogen) atoms. The minimum Gasteiger partial charge on any atom is -0.303 e. The van der Waals surface area contributed by atoms with Gasteiger partial charge >= 0.3 is 0 Å². The number of unbranched alkanes of at least 4 members (excludes halogenated alkanes) is 2. The van der Waals surface area contributed by atoms with Gasteiger partial charge in [0.2, 0.25) is 5.70 Å². The number of nitrogens with zero attached hydrogens (tertiary/aromatic N) is 1. The number of rotatable bonds is 13. The van der Waals surface area contributed by atoms with Crippen LogP contribution in [0.1, 0.15) is 58.3 Å². The molecule has 0 N–H and O–H groups in total. The van der Waals surface area contributed by atoms with Crippen molar-refractivity contribution in [1.29, 1.82) is 0 Å². The number of hydrogen-bond donors (Lipinski definition) is 0. The molecule has 0 heterocycles. The van der Waals surface area contributed by atoms with E-state index in [2.05, 4.69) is 31.2 Å². The molecule has 0 atom stereocenters. The molecule has 0 bridgehead atoms. The van der Waals surface area contributed by atoms with Crippen molar-refractivity contribution in [3.05, 3.63) is 58.3 Å². The van der Waals surface area contributed by atoms with Crippen LogP contribution < -0.4 is 0 Å². The molecule has 0 aliphatic rings. The van der Waals surface area contributed by atoms with E-state index in [4.69, 9.17) is 0 Å². The fourth-order valence-electron chi connectivity index (χ4n) is 1.81. The summed E-state index contributed by atoms with van der Waals surface area (Å²) in [5, 5.41) is 10.9. The van der Waals surface area contributed by atoms with E-state index in [0.29, 0.717) is 32.1 Å². The topological polar surface area (TPSA) is 60.2 Å². The first kappa shape index (κ1) is 20.0. The highest BCUT2D eigenvalue weighted by atomic mass is 16.6. The van der Waals surface area contributed by atoms with Gasteiger partial charge in [0, 0.05) is 12.8 Å². The van der Waals surface area contributed by atoms with Crippen LogP contribution in [0.25, 0.3) is 0 Å². The average molecular weight is 305 g/mol. The molecule has 0 rings (SSSR count). The summed E-state index contributed by atoms with van der Waals surface area (Å²) in [7, 11) is 0. The maximum absolute atomic E-state index is 10.9. The SMILES string of the molecule is CC/C=C\C/C=C\C/C=C\C/C=C(\CCCCC=O)[N+](=O)[O-]. The maximum Gasteiger partial charge on any atom is 0.242 e. The summed E-state index contributed by atoms with van der Waals surface area (Å²) in [4.78, 5) is 20.7. The Kier molecular flexibility index (Phi) is 14.0. The van der Waals surface area contributed by atoms with Crippen molar-refractivity contribution in [3.8, 4) is 0 Å². The summed E-state index contributed by atoms with van der Waals surface area (Å²) in [5.41, 5.74) is 0.246. The molecule has 0 aromatic carbocycles. The molecular weight excluding hydrogens is 278 g/mol. The Labute approximate surface area is 133 Å². The van der Waals surface area contributed by atoms with E-state index >= 15 is 0 Å². The first-order chi connectivity index (χ1) is 10.7. The van der Waals surface area contributed by atoms with Crippen LogP contribution in [-0.4, -0.2) is 11.2 Å². The normalized spacial score (nSPS) is 12.7. The molecule has 0 saturated heterocycles. The largest absolute Gasteiger partial charge is 0.303 e. The van der Waals surface area contributed by atoms with E-state index in [1.165, 1.54) is 0 Å². The lowest BCUT2D eigenvalue weighted by molar-refractivity contribution is -0.428. The zero-order valence-electron chi connectivity index (χ0n) is 13.4. The van der Waals surface area contributed by atoms with Crippen LogP contribution in [0.5, 0.6) is 0 Å². The van der Waals surface area contributed by atoms with E-state index < -0.39 is 0 Å². The Balaban J connectivity index is 3.97. The van der Waals surface area contributed by atoms with Crippen molar-refractivity contribution in [2.45, 2.75) is 58.3 Å². The third-order valence-electron chi connectivity index (χ3n) is 3.01. The number of carbonyl (C=O) groups is 1.